The molecule has 0 spiro atoms. The smallest absolute Gasteiger partial charge is 0.326 e. The van der Waals surface area contributed by atoms with E-state index >= 15 is 0 Å². The molecule has 1 fully saturated rings. The Morgan fingerprint density at radius 3 is 2.83 bits per heavy atom. The van der Waals surface area contributed by atoms with Gasteiger partial charge in [-0.25, -0.2) is 4.79 Å². The van der Waals surface area contributed by atoms with Crippen LogP contribution in [0.4, 0.5) is 5.69 Å². The van der Waals surface area contributed by atoms with E-state index in [1.807, 2.05) is 0 Å². The molecular weight excluding hydrogens is 308 g/mol. The summed E-state index contributed by atoms with van der Waals surface area (Å²) in [5, 5.41) is 12.0. The number of benzene rings is 1. The second kappa shape index (κ2) is 8.29. The molecule has 1 atom stereocenters. The number of hydrogen-bond donors (Lipinski definition) is 2. The third-order valence-corrected chi connectivity index (χ3v) is 4.02. The molecule has 6 heteroatoms. The van der Waals surface area contributed by atoms with E-state index in [2.05, 4.69) is 11.9 Å². The molecule has 0 aliphatic carbocycles. The molecule has 1 aliphatic rings. The average Bonchev–Trinajstić information content (AvgIpc) is 2.59. The van der Waals surface area contributed by atoms with E-state index in [1.165, 1.54) is 4.90 Å². The largest absolute Gasteiger partial charge is 0.480 e. The molecule has 0 bridgehead atoms. The fraction of sp³-hybridized carbons (Fsp3) is 0.389. The second-order valence-electron chi connectivity index (χ2n) is 5.80. The fourth-order valence-electron chi connectivity index (χ4n) is 2.78. The maximum Gasteiger partial charge on any atom is 0.326 e. The Bertz CT molecular complexity index is 642. The van der Waals surface area contributed by atoms with Crippen LogP contribution in [0.3, 0.4) is 0 Å². The monoisotopic (exact) mass is 330 g/mol. The van der Waals surface area contributed by atoms with Crippen molar-refractivity contribution in [2.75, 3.05) is 11.9 Å². The maximum absolute atomic E-state index is 12.7. The SMILES string of the molecule is C=CCCC(=O)Nc1cccc(C(=O)N2CCCCC2C(=O)O)c1. The summed E-state index contributed by atoms with van der Waals surface area (Å²) < 4.78 is 0. The Morgan fingerprint density at radius 1 is 1.33 bits per heavy atom. The van der Waals surface area contributed by atoms with E-state index in [0.717, 1.165) is 12.8 Å². The van der Waals surface area contributed by atoms with E-state index in [4.69, 9.17) is 0 Å². The van der Waals surface area contributed by atoms with E-state index in [9.17, 15) is 19.5 Å². The molecule has 1 saturated heterocycles. The molecule has 2 N–H and O–H groups in total. The summed E-state index contributed by atoms with van der Waals surface area (Å²) in [6.45, 7) is 4.01. The van der Waals surface area contributed by atoms with Crippen molar-refractivity contribution in [3.05, 3.63) is 42.5 Å². The molecule has 0 radical (unpaired) electrons. The van der Waals surface area contributed by atoms with Gasteiger partial charge in [0.25, 0.3) is 5.91 Å². The first-order chi connectivity index (χ1) is 11.5. The van der Waals surface area contributed by atoms with Gasteiger partial charge in [-0.05, 0) is 43.9 Å². The summed E-state index contributed by atoms with van der Waals surface area (Å²) in [4.78, 5) is 37.2. The Hall–Kier alpha value is -2.63. The third-order valence-electron chi connectivity index (χ3n) is 4.02. The molecule has 1 aliphatic heterocycles. The first-order valence-corrected chi connectivity index (χ1v) is 8.07. The van der Waals surface area contributed by atoms with Crippen LogP contribution in [0.2, 0.25) is 0 Å². The highest BCUT2D eigenvalue weighted by atomic mass is 16.4. The Morgan fingerprint density at radius 2 is 2.12 bits per heavy atom. The topological polar surface area (TPSA) is 86.7 Å². The van der Waals surface area contributed by atoms with Crippen molar-refractivity contribution in [1.29, 1.82) is 0 Å². The molecule has 6 nitrogen and oxygen atoms in total. The number of carbonyl (C=O) groups excluding carboxylic acids is 2. The zero-order valence-electron chi connectivity index (χ0n) is 13.5. The van der Waals surface area contributed by atoms with Crippen LogP contribution in [0.15, 0.2) is 36.9 Å². The predicted octanol–water partition coefficient (Wildman–Crippen LogP) is 2.67. The summed E-state index contributed by atoms with van der Waals surface area (Å²) in [6, 6.07) is 5.82. The minimum atomic E-state index is -0.975. The number of hydrogen-bond acceptors (Lipinski definition) is 3. The van der Waals surface area contributed by atoms with Gasteiger partial charge >= 0.3 is 5.97 Å². The number of nitrogens with one attached hydrogen (secondary N) is 1. The molecule has 2 amide bonds. The summed E-state index contributed by atoms with van der Waals surface area (Å²) >= 11 is 0. The number of nitrogens with zero attached hydrogens (tertiary/aromatic N) is 1. The number of carbonyl (C=O) groups is 3. The quantitative estimate of drug-likeness (QED) is 0.785. The lowest BCUT2D eigenvalue weighted by Gasteiger charge is -2.33. The normalized spacial score (nSPS) is 17.2. The van der Waals surface area contributed by atoms with Crippen molar-refractivity contribution in [3.8, 4) is 0 Å². The molecule has 24 heavy (non-hydrogen) atoms. The molecule has 2 rings (SSSR count). The van der Waals surface area contributed by atoms with Gasteiger partial charge in [0, 0.05) is 24.2 Å². The van der Waals surface area contributed by atoms with Crippen molar-refractivity contribution >= 4 is 23.5 Å². The van der Waals surface area contributed by atoms with E-state index in [1.54, 1.807) is 30.3 Å². The van der Waals surface area contributed by atoms with Crippen molar-refractivity contribution in [3.63, 3.8) is 0 Å². The van der Waals surface area contributed by atoms with E-state index < -0.39 is 12.0 Å². The minimum absolute atomic E-state index is 0.152. The van der Waals surface area contributed by atoms with Crippen molar-refractivity contribution in [2.24, 2.45) is 0 Å². The maximum atomic E-state index is 12.7. The van der Waals surface area contributed by atoms with Gasteiger partial charge in [-0.3, -0.25) is 9.59 Å². The lowest BCUT2D eigenvalue weighted by Crippen LogP contribution is -2.48. The predicted molar refractivity (Wildman–Crippen MR) is 90.8 cm³/mol. The number of aliphatic carboxylic acids is 1. The zero-order valence-corrected chi connectivity index (χ0v) is 13.5. The Labute approximate surface area is 141 Å². The summed E-state index contributed by atoms with van der Waals surface area (Å²) in [5.41, 5.74) is 0.906. The van der Waals surface area contributed by atoms with Crippen LogP contribution in [0.25, 0.3) is 0 Å². The average molecular weight is 330 g/mol. The van der Waals surface area contributed by atoms with Gasteiger partial charge in [0.1, 0.15) is 6.04 Å². The number of anilines is 1. The molecule has 1 unspecified atom stereocenters. The number of allylic oxidation sites excluding steroid dienone is 1. The Balaban J connectivity index is 2.11. The minimum Gasteiger partial charge on any atom is -0.480 e. The highest BCUT2D eigenvalue weighted by molar-refractivity contribution is 5.99. The van der Waals surface area contributed by atoms with Crippen molar-refractivity contribution < 1.29 is 19.5 Å². The molecule has 0 aromatic heterocycles. The van der Waals surface area contributed by atoms with Crippen molar-refractivity contribution in [1.82, 2.24) is 4.90 Å². The molecule has 1 aromatic carbocycles. The number of rotatable bonds is 6. The highest BCUT2D eigenvalue weighted by Gasteiger charge is 2.32. The van der Waals surface area contributed by atoms with Gasteiger partial charge < -0.3 is 15.3 Å². The lowest BCUT2D eigenvalue weighted by atomic mass is 10.0. The lowest BCUT2D eigenvalue weighted by molar-refractivity contribution is -0.143. The van der Waals surface area contributed by atoms with Crippen LogP contribution < -0.4 is 5.32 Å². The number of likely N-dealkylation sites (tertiary alicyclic amines) is 1. The summed E-state index contributed by atoms with van der Waals surface area (Å²) in [5.74, 6) is -1.44. The van der Waals surface area contributed by atoms with Crippen LogP contribution in [-0.2, 0) is 9.59 Å². The van der Waals surface area contributed by atoms with Crippen LogP contribution in [-0.4, -0.2) is 40.4 Å². The van der Waals surface area contributed by atoms with Crippen LogP contribution in [0, 0.1) is 0 Å². The molecule has 128 valence electrons. The third kappa shape index (κ3) is 4.44. The summed E-state index contributed by atoms with van der Waals surface area (Å²) in [6.07, 6.45) is 4.65. The fourth-order valence-corrected chi connectivity index (χ4v) is 2.78. The number of carboxylic acids is 1. The molecule has 1 heterocycles. The zero-order chi connectivity index (χ0) is 17.5. The first-order valence-electron chi connectivity index (χ1n) is 8.07. The number of amides is 2. The Kier molecular flexibility index (Phi) is 6.12. The van der Waals surface area contributed by atoms with E-state index in [-0.39, 0.29) is 11.8 Å². The van der Waals surface area contributed by atoms with Crippen LogP contribution in [0.5, 0.6) is 0 Å². The molecule has 0 saturated carbocycles. The molecular formula is C18H22N2O4. The summed E-state index contributed by atoms with van der Waals surface area (Å²) in [7, 11) is 0. The number of carboxylic acid groups (broad SMARTS) is 1. The van der Waals surface area contributed by atoms with E-state index in [0.29, 0.717) is 37.1 Å². The second-order valence-corrected chi connectivity index (χ2v) is 5.80. The molecule has 1 aromatic rings. The van der Waals surface area contributed by atoms with Gasteiger partial charge in [0.2, 0.25) is 5.91 Å². The van der Waals surface area contributed by atoms with Gasteiger partial charge in [0.05, 0.1) is 0 Å². The highest BCUT2D eigenvalue weighted by Crippen LogP contribution is 2.21. The number of piperidine rings is 1. The van der Waals surface area contributed by atoms with Crippen molar-refractivity contribution in [2.45, 2.75) is 38.1 Å². The van der Waals surface area contributed by atoms with Gasteiger partial charge in [-0.2, -0.15) is 0 Å². The first kappa shape index (κ1) is 17.7. The van der Waals surface area contributed by atoms with Gasteiger partial charge in [-0.15, -0.1) is 6.58 Å². The standard InChI is InChI=1S/C18H22N2O4/c1-2-3-10-16(21)19-14-8-6-7-13(12-14)17(22)20-11-5-4-9-15(20)18(23)24/h2,6-8,12,15H,1,3-5,9-11H2,(H,19,21)(H,23,24). The van der Waals surface area contributed by atoms with Gasteiger partial charge in [-0.1, -0.05) is 12.1 Å². The van der Waals surface area contributed by atoms with Crippen LogP contribution in [0.1, 0.15) is 42.5 Å². The van der Waals surface area contributed by atoms with Crippen LogP contribution >= 0.6 is 0 Å². The van der Waals surface area contributed by atoms with Gasteiger partial charge in [0.15, 0.2) is 0 Å².